The van der Waals surface area contributed by atoms with Crippen LogP contribution < -0.4 is 10.8 Å². The Labute approximate surface area is 181 Å². The van der Waals surface area contributed by atoms with Crippen molar-refractivity contribution in [2.24, 2.45) is 0 Å². The summed E-state index contributed by atoms with van der Waals surface area (Å²) in [5.41, 5.74) is 6.29. The summed E-state index contributed by atoms with van der Waals surface area (Å²) in [6.07, 6.45) is 0.675. The van der Waals surface area contributed by atoms with Gasteiger partial charge in [-0.05, 0) is 60.2 Å². The normalized spacial score (nSPS) is 26.9. The van der Waals surface area contributed by atoms with Gasteiger partial charge in [0.2, 0.25) is 0 Å². The molecule has 0 spiro atoms. The van der Waals surface area contributed by atoms with Gasteiger partial charge in [0, 0.05) is 11.7 Å². The molecule has 166 valence electrons. The van der Waals surface area contributed by atoms with Crippen molar-refractivity contribution in [3.05, 3.63) is 82.6 Å². The molecule has 2 unspecified atom stereocenters. The first-order valence-electron chi connectivity index (χ1n) is 10.6. The quantitative estimate of drug-likeness (QED) is 0.584. The molecule has 2 fully saturated rings. The summed E-state index contributed by atoms with van der Waals surface area (Å²) in [5.74, 6) is -0.662. The number of halogens is 2. The highest BCUT2D eigenvalue weighted by Gasteiger charge is 2.45. The molecular formula is C24H28F2N2O3. The van der Waals surface area contributed by atoms with Crippen LogP contribution >= 0.6 is 0 Å². The SMILES string of the molecule is CCC(NOC)=C1[C@H](OC(c2ccc(F)cc2)c2ccc(F)cc2)CC2CC(O)[C@H]1N2. The van der Waals surface area contributed by atoms with Gasteiger partial charge < -0.3 is 15.2 Å². The lowest BCUT2D eigenvalue weighted by Gasteiger charge is -2.37. The highest BCUT2D eigenvalue weighted by molar-refractivity contribution is 5.34. The molecule has 2 saturated heterocycles. The Hall–Kier alpha value is -2.32. The van der Waals surface area contributed by atoms with Gasteiger partial charge in [0.15, 0.2) is 0 Å². The van der Waals surface area contributed by atoms with E-state index in [1.165, 1.54) is 24.3 Å². The van der Waals surface area contributed by atoms with E-state index < -0.39 is 12.2 Å². The molecule has 0 saturated carbocycles. The molecule has 2 aliphatic heterocycles. The molecule has 3 N–H and O–H groups in total. The van der Waals surface area contributed by atoms with Crippen molar-refractivity contribution in [2.75, 3.05) is 7.11 Å². The smallest absolute Gasteiger partial charge is 0.123 e. The Morgan fingerprint density at radius 1 is 1.06 bits per heavy atom. The third-order valence-electron chi connectivity index (χ3n) is 6.08. The lowest BCUT2D eigenvalue weighted by molar-refractivity contribution is 0.00587. The van der Waals surface area contributed by atoms with Gasteiger partial charge >= 0.3 is 0 Å². The summed E-state index contributed by atoms with van der Waals surface area (Å²) in [4.78, 5) is 5.18. The van der Waals surface area contributed by atoms with Crippen molar-refractivity contribution >= 4 is 0 Å². The van der Waals surface area contributed by atoms with Crippen LogP contribution in [0.25, 0.3) is 0 Å². The zero-order valence-corrected chi connectivity index (χ0v) is 17.6. The minimum atomic E-state index is -0.517. The summed E-state index contributed by atoms with van der Waals surface area (Å²) < 4.78 is 33.8. The lowest BCUT2D eigenvalue weighted by atomic mass is 9.91. The molecule has 2 aliphatic rings. The summed E-state index contributed by atoms with van der Waals surface area (Å²) >= 11 is 0. The first-order valence-corrected chi connectivity index (χ1v) is 10.6. The molecule has 2 aromatic rings. The maximum atomic E-state index is 13.6. The topological polar surface area (TPSA) is 62.8 Å². The van der Waals surface area contributed by atoms with Gasteiger partial charge in [-0.25, -0.2) is 8.78 Å². The third-order valence-corrected chi connectivity index (χ3v) is 6.08. The number of nitrogens with one attached hydrogen (secondary N) is 2. The van der Waals surface area contributed by atoms with Gasteiger partial charge in [-0.15, -0.1) is 0 Å². The molecule has 0 amide bonds. The van der Waals surface area contributed by atoms with Gasteiger partial charge in [-0.3, -0.25) is 10.3 Å². The number of piperidine rings is 1. The number of ether oxygens (including phenoxy) is 1. The second-order valence-corrected chi connectivity index (χ2v) is 8.08. The Bertz CT molecular complexity index is 872. The van der Waals surface area contributed by atoms with Crippen LogP contribution in [0.15, 0.2) is 59.8 Å². The Morgan fingerprint density at radius 2 is 1.65 bits per heavy atom. The number of allylic oxidation sites excluding steroid dienone is 1. The molecule has 2 bridgehead atoms. The molecule has 7 heteroatoms. The minimum Gasteiger partial charge on any atom is -0.391 e. The standard InChI is InChI=1S/C24H28F2N2O3/c1-3-19(28-30-2)22-21(13-18-12-20(29)23(22)27-18)31-24(14-4-8-16(25)9-5-14)15-6-10-17(26)11-7-15/h4-11,18,20-21,23-24,27-29H,3,12-13H2,1-2H3/t18?,20?,21-,23-/m1/s1. The Balaban J connectivity index is 1.73. The van der Waals surface area contributed by atoms with Crippen LogP contribution in [0.3, 0.4) is 0 Å². The molecule has 5 nitrogen and oxygen atoms in total. The molecule has 0 aliphatic carbocycles. The fraction of sp³-hybridized carbons (Fsp3) is 0.417. The summed E-state index contributed by atoms with van der Waals surface area (Å²) in [5, 5.41) is 14.1. The second kappa shape index (κ2) is 9.44. The fourth-order valence-corrected chi connectivity index (χ4v) is 4.67. The van der Waals surface area contributed by atoms with Crippen LogP contribution in [-0.2, 0) is 9.57 Å². The van der Waals surface area contributed by atoms with Crippen LogP contribution in [0, 0.1) is 11.6 Å². The maximum Gasteiger partial charge on any atom is 0.123 e. The number of hydrogen-bond donors (Lipinski definition) is 3. The predicted molar refractivity (Wildman–Crippen MR) is 113 cm³/mol. The Morgan fingerprint density at radius 3 is 2.16 bits per heavy atom. The largest absolute Gasteiger partial charge is 0.391 e. The molecular weight excluding hydrogens is 402 g/mol. The van der Waals surface area contributed by atoms with Crippen LogP contribution in [0.2, 0.25) is 0 Å². The van der Waals surface area contributed by atoms with Gasteiger partial charge in [0.1, 0.15) is 17.7 Å². The van der Waals surface area contributed by atoms with E-state index in [0.29, 0.717) is 19.3 Å². The minimum absolute atomic E-state index is 0.136. The maximum absolute atomic E-state index is 13.6. The number of rotatable bonds is 7. The lowest BCUT2D eigenvalue weighted by Crippen LogP contribution is -2.48. The summed E-state index contributed by atoms with van der Waals surface area (Å²) in [7, 11) is 1.55. The highest BCUT2D eigenvalue weighted by Crippen LogP contribution is 2.39. The number of hydrogen-bond acceptors (Lipinski definition) is 5. The van der Waals surface area contributed by atoms with E-state index in [4.69, 9.17) is 9.57 Å². The van der Waals surface area contributed by atoms with Gasteiger partial charge in [0.25, 0.3) is 0 Å². The number of benzene rings is 2. The van der Waals surface area contributed by atoms with Crippen molar-refractivity contribution in [3.63, 3.8) is 0 Å². The zero-order chi connectivity index (χ0) is 22.0. The van der Waals surface area contributed by atoms with Crippen LogP contribution in [0.4, 0.5) is 8.78 Å². The van der Waals surface area contributed by atoms with Crippen molar-refractivity contribution in [1.29, 1.82) is 0 Å². The van der Waals surface area contributed by atoms with E-state index >= 15 is 0 Å². The van der Waals surface area contributed by atoms with E-state index in [2.05, 4.69) is 10.8 Å². The third kappa shape index (κ3) is 4.65. The summed E-state index contributed by atoms with van der Waals surface area (Å²) in [6, 6.07) is 12.2. The van der Waals surface area contributed by atoms with E-state index in [9.17, 15) is 13.9 Å². The number of aliphatic hydroxyl groups excluding tert-OH is 1. The monoisotopic (exact) mass is 430 g/mol. The van der Waals surface area contributed by atoms with Crippen molar-refractivity contribution in [3.8, 4) is 0 Å². The molecule has 2 heterocycles. The van der Waals surface area contributed by atoms with E-state index in [0.717, 1.165) is 22.4 Å². The number of aliphatic hydroxyl groups is 1. The molecule has 2 aromatic carbocycles. The van der Waals surface area contributed by atoms with Crippen molar-refractivity contribution in [1.82, 2.24) is 10.8 Å². The average Bonchev–Trinajstić information content (AvgIpc) is 3.06. The van der Waals surface area contributed by atoms with Crippen molar-refractivity contribution < 1.29 is 23.5 Å². The predicted octanol–water partition coefficient (Wildman–Crippen LogP) is 3.75. The van der Waals surface area contributed by atoms with Crippen LogP contribution in [0.1, 0.15) is 43.4 Å². The van der Waals surface area contributed by atoms with Gasteiger partial charge in [0.05, 0.1) is 25.4 Å². The molecule has 0 radical (unpaired) electrons. The van der Waals surface area contributed by atoms with E-state index in [-0.39, 0.29) is 29.8 Å². The van der Waals surface area contributed by atoms with Gasteiger partial charge in [-0.2, -0.15) is 0 Å². The van der Waals surface area contributed by atoms with Gasteiger partial charge in [-0.1, -0.05) is 31.2 Å². The molecule has 4 atom stereocenters. The van der Waals surface area contributed by atoms with E-state index in [1.54, 1.807) is 31.4 Å². The molecule has 0 aromatic heterocycles. The van der Waals surface area contributed by atoms with Crippen molar-refractivity contribution in [2.45, 2.75) is 56.6 Å². The average molecular weight is 430 g/mol. The zero-order valence-electron chi connectivity index (χ0n) is 17.6. The highest BCUT2D eigenvalue weighted by atomic mass is 19.1. The first-order chi connectivity index (χ1) is 15.0. The van der Waals surface area contributed by atoms with E-state index in [1.807, 2.05) is 6.92 Å². The fourth-order valence-electron chi connectivity index (χ4n) is 4.67. The Kier molecular flexibility index (Phi) is 6.67. The number of hydroxylamine groups is 1. The summed E-state index contributed by atoms with van der Waals surface area (Å²) in [6.45, 7) is 2.01. The molecule has 4 rings (SSSR count). The second-order valence-electron chi connectivity index (χ2n) is 8.08. The van der Waals surface area contributed by atoms with Crippen LogP contribution in [-0.4, -0.2) is 36.5 Å². The number of fused-ring (bicyclic) bond motifs is 2. The molecule has 31 heavy (non-hydrogen) atoms. The van der Waals surface area contributed by atoms with Crippen LogP contribution in [0.5, 0.6) is 0 Å². The first kappa shape index (κ1) is 21.9.